The molecule has 3 heterocycles. The molecule has 1 aliphatic carbocycles. The van der Waals surface area contributed by atoms with Gasteiger partial charge in [-0.1, -0.05) is 0 Å². The highest BCUT2D eigenvalue weighted by molar-refractivity contribution is 5.72. The molecule has 26 heavy (non-hydrogen) atoms. The van der Waals surface area contributed by atoms with E-state index in [9.17, 15) is 5.11 Å². The first-order valence-corrected chi connectivity index (χ1v) is 8.94. The van der Waals surface area contributed by atoms with Crippen LogP contribution in [0.2, 0.25) is 0 Å². The van der Waals surface area contributed by atoms with Crippen LogP contribution in [0.4, 0.5) is 5.82 Å². The number of ether oxygens (including phenoxy) is 2. The largest absolute Gasteiger partial charge is 0.454 e. The monoisotopic (exact) mass is 352 g/mol. The molecule has 1 aromatic carbocycles. The first-order chi connectivity index (χ1) is 12.8. The Hall–Kier alpha value is -2.80. The lowest BCUT2D eigenvalue weighted by Gasteiger charge is -2.26. The van der Waals surface area contributed by atoms with E-state index in [-0.39, 0.29) is 12.9 Å². The molecule has 7 nitrogen and oxygen atoms in total. The smallest absolute Gasteiger partial charge is 0.231 e. The van der Waals surface area contributed by atoms with Gasteiger partial charge in [-0.25, -0.2) is 9.97 Å². The maximum absolute atomic E-state index is 9.68. The molecule has 1 fully saturated rings. The summed E-state index contributed by atoms with van der Waals surface area (Å²) in [5.74, 6) is 2.30. The minimum Gasteiger partial charge on any atom is -0.454 e. The van der Waals surface area contributed by atoms with Gasteiger partial charge in [-0.05, 0) is 43.9 Å². The maximum atomic E-state index is 9.68. The molecular formula is C19H20N4O3. The molecule has 134 valence electrons. The van der Waals surface area contributed by atoms with Crippen LogP contribution in [-0.2, 0) is 0 Å². The summed E-state index contributed by atoms with van der Waals surface area (Å²) in [5, 5.41) is 13.2. The molecule has 5 rings (SSSR count). The second-order valence-corrected chi connectivity index (χ2v) is 6.83. The number of aliphatic hydroxyl groups is 1. The number of nitrogens with zero attached hydrogens (tertiary/aromatic N) is 3. The SMILES string of the molecule is OC1CCC(Nc2nccn3c(-c4ccc5c(c4)OCO5)cnc23)CC1. The van der Waals surface area contributed by atoms with Gasteiger partial charge in [0, 0.05) is 24.0 Å². The Labute approximate surface area is 150 Å². The minimum absolute atomic E-state index is 0.166. The van der Waals surface area contributed by atoms with Crippen molar-refractivity contribution >= 4 is 11.5 Å². The Bertz CT molecular complexity index is 947. The van der Waals surface area contributed by atoms with Gasteiger partial charge in [0.2, 0.25) is 6.79 Å². The second kappa shape index (κ2) is 6.17. The quantitative estimate of drug-likeness (QED) is 0.754. The molecule has 2 N–H and O–H groups in total. The predicted octanol–water partition coefficient (Wildman–Crippen LogP) is 2.84. The number of hydrogen-bond donors (Lipinski definition) is 2. The molecule has 1 saturated carbocycles. The Morgan fingerprint density at radius 2 is 1.92 bits per heavy atom. The number of rotatable bonds is 3. The lowest BCUT2D eigenvalue weighted by Crippen LogP contribution is -2.28. The zero-order valence-electron chi connectivity index (χ0n) is 14.3. The molecule has 1 aliphatic heterocycles. The minimum atomic E-state index is -0.166. The van der Waals surface area contributed by atoms with Gasteiger partial charge in [-0.2, -0.15) is 0 Å². The van der Waals surface area contributed by atoms with E-state index in [0.717, 1.165) is 59.9 Å². The fraction of sp³-hybridized carbons (Fsp3) is 0.368. The summed E-state index contributed by atoms with van der Waals surface area (Å²) in [7, 11) is 0. The molecule has 7 heteroatoms. The van der Waals surface area contributed by atoms with Crippen LogP contribution in [0.3, 0.4) is 0 Å². The van der Waals surface area contributed by atoms with Gasteiger partial charge in [0.05, 0.1) is 18.0 Å². The van der Waals surface area contributed by atoms with Gasteiger partial charge in [-0.15, -0.1) is 0 Å². The lowest BCUT2D eigenvalue weighted by atomic mass is 9.93. The molecule has 0 spiro atoms. The highest BCUT2D eigenvalue weighted by Gasteiger charge is 2.21. The molecule has 0 bridgehead atoms. The topological polar surface area (TPSA) is 80.9 Å². The third kappa shape index (κ3) is 2.64. The van der Waals surface area contributed by atoms with Crippen molar-refractivity contribution < 1.29 is 14.6 Å². The van der Waals surface area contributed by atoms with Gasteiger partial charge in [0.25, 0.3) is 0 Å². The fourth-order valence-electron chi connectivity index (χ4n) is 3.70. The Morgan fingerprint density at radius 3 is 2.81 bits per heavy atom. The van der Waals surface area contributed by atoms with Crippen LogP contribution in [0, 0.1) is 0 Å². The van der Waals surface area contributed by atoms with Crippen LogP contribution < -0.4 is 14.8 Å². The zero-order valence-corrected chi connectivity index (χ0v) is 14.3. The van der Waals surface area contributed by atoms with E-state index >= 15 is 0 Å². The van der Waals surface area contributed by atoms with E-state index in [1.807, 2.05) is 35.0 Å². The van der Waals surface area contributed by atoms with E-state index < -0.39 is 0 Å². The third-order valence-corrected chi connectivity index (χ3v) is 5.13. The van der Waals surface area contributed by atoms with Crippen LogP contribution in [0.25, 0.3) is 16.9 Å². The number of aromatic nitrogens is 3. The molecule has 0 atom stereocenters. The number of fused-ring (bicyclic) bond motifs is 2. The van der Waals surface area contributed by atoms with Crippen molar-refractivity contribution in [3.05, 3.63) is 36.8 Å². The molecule has 2 aliphatic rings. The summed E-state index contributed by atoms with van der Waals surface area (Å²) in [6.07, 6.45) is 8.93. The normalized spacial score (nSPS) is 21.9. The summed E-state index contributed by atoms with van der Waals surface area (Å²) >= 11 is 0. The summed E-state index contributed by atoms with van der Waals surface area (Å²) in [4.78, 5) is 9.07. The Kier molecular flexibility index (Phi) is 3.67. The van der Waals surface area contributed by atoms with E-state index in [1.165, 1.54) is 0 Å². The van der Waals surface area contributed by atoms with Gasteiger partial charge < -0.3 is 19.9 Å². The summed E-state index contributed by atoms with van der Waals surface area (Å²) in [6, 6.07) is 6.22. The summed E-state index contributed by atoms with van der Waals surface area (Å²) in [5.41, 5.74) is 2.79. The fourth-order valence-corrected chi connectivity index (χ4v) is 3.70. The maximum Gasteiger partial charge on any atom is 0.231 e. The molecule has 3 aromatic rings. The number of aliphatic hydroxyl groups excluding tert-OH is 1. The second-order valence-electron chi connectivity index (χ2n) is 6.83. The molecule has 2 aromatic heterocycles. The van der Waals surface area contributed by atoms with Gasteiger partial charge in [-0.3, -0.25) is 4.40 Å². The first kappa shape index (κ1) is 15.5. The molecule has 0 radical (unpaired) electrons. The van der Waals surface area contributed by atoms with E-state index in [2.05, 4.69) is 15.3 Å². The van der Waals surface area contributed by atoms with Gasteiger partial charge in [0.1, 0.15) is 0 Å². The van der Waals surface area contributed by atoms with Crippen molar-refractivity contribution in [3.63, 3.8) is 0 Å². The molecule has 0 amide bonds. The van der Waals surface area contributed by atoms with Crippen molar-refractivity contribution in [2.75, 3.05) is 12.1 Å². The highest BCUT2D eigenvalue weighted by atomic mass is 16.7. The van der Waals surface area contributed by atoms with Crippen molar-refractivity contribution in [2.24, 2.45) is 0 Å². The average molecular weight is 352 g/mol. The highest BCUT2D eigenvalue weighted by Crippen LogP contribution is 2.36. The molecule has 0 saturated heterocycles. The van der Waals surface area contributed by atoms with Gasteiger partial charge in [0.15, 0.2) is 23.0 Å². The van der Waals surface area contributed by atoms with Crippen molar-refractivity contribution in [2.45, 2.75) is 37.8 Å². The number of nitrogens with one attached hydrogen (secondary N) is 1. The Balaban J connectivity index is 1.47. The van der Waals surface area contributed by atoms with Crippen molar-refractivity contribution in [1.29, 1.82) is 0 Å². The van der Waals surface area contributed by atoms with E-state index in [0.29, 0.717) is 6.04 Å². The van der Waals surface area contributed by atoms with Crippen molar-refractivity contribution in [1.82, 2.24) is 14.4 Å². The van der Waals surface area contributed by atoms with Crippen LogP contribution >= 0.6 is 0 Å². The number of hydrogen-bond acceptors (Lipinski definition) is 6. The predicted molar refractivity (Wildman–Crippen MR) is 96.4 cm³/mol. The van der Waals surface area contributed by atoms with Crippen LogP contribution in [0.1, 0.15) is 25.7 Å². The van der Waals surface area contributed by atoms with E-state index in [4.69, 9.17) is 9.47 Å². The average Bonchev–Trinajstić information content (AvgIpc) is 3.30. The van der Waals surface area contributed by atoms with Gasteiger partial charge >= 0.3 is 0 Å². The molecule has 0 unspecified atom stereocenters. The summed E-state index contributed by atoms with van der Waals surface area (Å²) < 4.78 is 12.9. The number of anilines is 1. The van der Waals surface area contributed by atoms with Crippen LogP contribution in [0.15, 0.2) is 36.8 Å². The lowest BCUT2D eigenvalue weighted by molar-refractivity contribution is 0.126. The number of imidazole rings is 1. The first-order valence-electron chi connectivity index (χ1n) is 8.94. The standard InChI is InChI=1S/C19H20N4O3/c24-14-4-2-13(3-5-14)22-18-19-21-10-15(23(19)8-7-20-18)12-1-6-16-17(9-12)26-11-25-16/h1,6-10,13-14,24H,2-5,11H2,(H,20,22). The summed E-state index contributed by atoms with van der Waals surface area (Å²) in [6.45, 7) is 0.264. The van der Waals surface area contributed by atoms with Crippen LogP contribution in [-0.4, -0.2) is 38.4 Å². The van der Waals surface area contributed by atoms with E-state index in [1.54, 1.807) is 6.20 Å². The van der Waals surface area contributed by atoms with Crippen molar-refractivity contribution in [3.8, 4) is 22.8 Å². The molecular weight excluding hydrogens is 332 g/mol. The zero-order chi connectivity index (χ0) is 17.5. The van der Waals surface area contributed by atoms with Crippen LogP contribution in [0.5, 0.6) is 11.5 Å². The number of benzene rings is 1. The third-order valence-electron chi connectivity index (χ3n) is 5.13. The Morgan fingerprint density at radius 1 is 1.08 bits per heavy atom.